The molecule has 1 aliphatic heterocycles. The second-order valence-electron chi connectivity index (χ2n) is 8.42. The van der Waals surface area contributed by atoms with Crippen molar-refractivity contribution in [3.63, 3.8) is 0 Å². The van der Waals surface area contributed by atoms with Crippen LogP contribution in [0.2, 0.25) is 0 Å². The van der Waals surface area contributed by atoms with Crippen LogP contribution in [0.1, 0.15) is 35.6 Å². The first-order valence-electron chi connectivity index (χ1n) is 11.6. The lowest BCUT2D eigenvalue weighted by Crippen LogP contribution is -2.44. The van der Waals surface area contributed by atoms with E-state index in [4.69, 9.17) is 4.74 Å². The maximum atomic E-state index is 13.6. The molecule has 172 valence electrons. The quantitative estimate of drug-likeness (QED) is 0.530. The van der Waals surface area contributed by atoms with E-state index in [1.165, 1.54) is 0 Å². The summed E-state index contributed by atoms with van der Waals surface area (Å²) in [6.45, 7) is 1.71. The van der Waals surface area contributed by atoms with Crippen molar-refractivity contribution in [3.8, 4) is 5.75 Å². The first-order valence-corrected chi connectivity index (χ1v) is 11.6. The zero-order valence-corrected chi connectivity index (χ0v) is 19.2. The minimum absolute atomic E-state index is 0.0666. The summed E-state index contributed by atoms with van der Waals surface area (Å²) in [5, 5.41) is 9.57. The van der Waals surface area contributed by atoms with E-state index in [1.54, 1.807) is 7.11 Å². The Morgan fingerprint density at radius 2 is 1.70 bits per heavy atom. The van der Waals surface area contributed by atoms with Crippen LogP contribution in [-0.2, 0) is 11.2 Å². The molecule has 0 spiro atoms. The second-order valence-corrected chi connectivity index (χ2v) is 8.42. The normalized spacial score (nSPS) is 13.3. The largest absolute Gasteiger partial charge is 0.497 e. The number of aryl methyl sites for hydroxylation is 1. The van der Waals surface area contributed by atoms with Crippen LogP contribution in [0.4, 0.5) is 5.69 Å². The zero-order valence-electron chi connectivity index (χ0n) is 19.2. The molecule has 0 radical (unpaired) electrons. The summed E-state index contributed by atoms with van der Waals surface area (Å²) < 4.78 is 5.38. The van der Waals surface area contributed by atoms with Gasteiger partial charge in [0, 0.05) is 25.4 Å². The van der Waals surface area contributed by atoms with Crippen LogP contribution < -0.4 is 9.64 Å². The summed E-state index contributed by atoms with van der Waals surface area (Å²) in [5.74, 6) is 0.900. The Hall–Kier alpha value is -3.15. The standard InChI is InChI=1S/C28H32N2O3/c1-33-25-15-16-26-24(20-25)14-8-18-30(26)27(32)21-29(17-9-19-31)28(22-10-4-2-5-11-22)23-12-6-3-7-13-23/h2-7,10-13,15-16,20,28,31H,8-9,14,17-19,21H2,1H3. The van der Waals surface area contributed by atoms with E-state index in [9.17, 15) is 9.90 Å². The molecule has 0 saturated heterocycles. The van der Waals surface area contributed by atoms with Gasteiger partial charge in [0.15, 0.2) is 0 Å². The van der Waals surface area contributed by atoms with Gasteiger partial charge in [0.2, 0.25) is 5.91 Å². The number of fused-ring (bicyclic) bond motifs is 1. The molecule has 0 bridgehead atoms. The van der Waals surface area contributed by atoms with Crippen molar-refractivity contribution in [1.82, 2.24) is 4.90 Å². The van der Waals surface area contributed by atoms with E-state index in [2.05, 4.69) is 29.2 Å². The van der Waals surface area contributed by atoms with E-state index in [-0.39, 0.29) is 25.1 Å². The number of aliphatic hydroxyl groups is 1. The molecule has 5 heteroatoms. The number of methoxy groups -OCH3 is 1. The number of rotatable bonds is 9. The Balaban J connectivity index is 1.64. The minimum atomic E-state index is -0.0666. The van der Waals surface area contributed by atoms with Gasteiger partial charge in [-0.3, -0.25) is 9.69 Å². The number of hydrogen-bond donors (Lipinski definition) is 1. The van der Waals surface area contributed by atoms with E-state index < -0.39 is 0 Å². The van der Waals surface area contributed by atoms with Crippen molar-refractivity contribution in [2.24, 2.45) is 0 Å². The minimum Gasteiger partial charge on any atom is -0.497 e. The van der Waals surface area contributed by atoms with Gasteiger partial charge in [-0.25, -0.2) is 0 Å². The lowest BCUT2D eigenvalue weighted by atomic mass is 9.96. The first-order chi connectivity index (χ1) is 16.2. The molecule has 1 N–H and O–H groups in total. The van der Waals surface area contributed by atoms with Crippen LogP contribution in [0.25, 0.3) is 0 Å². The van der Waals surface area contributed by atoms with Gasteiger partial charge < -0.3 is 14.7 Å². The summed E-state index contributed by atoms with van der Waals surface area (Å²) in [4.78, 5) is 17.8. The fraction of sp³-hybridized carbons (Fsp3) is 0.321. The van der Waals surface area contributed by atoms with Crippen molar-refractivity contribution < 1.29 is 14.6 Å². The first kappa shape index (κ1) is 23.0. The fourth-order valence-corrected chi connectivity index (χ4v) is 4.68. The molecule has 5 nitrogen and oxygen atoms in total. The maximum Gasteiger partial charge on any atom is 0.241 e. The highest BCUT2D eigenvalue weighted by Crippen LogP contribution is 2.32. The molecular weight excluding hydrogens is 412 g/mol. The molecule has 1 heterocycles. The molecule has 1 amide bonds. The highest BCUT2D eigenvalue weighted by molar-refractivity contribution is 5.96. The lowest BCUT2D eigenvalue weighted by Gasteiger charge is -2.35. The average molecular weight is 445 g/mol. The Morgan fingerprint density at radius 1 is 1.03 bits per heavy atom. The fourth-order valence-electron chi connectivity index (χ4n) is 4.68. The molecule has 0 fully saturated rings. The average Bonchev–Trinajstić information content (AvgIpc) is 2.87. The molecule has 3 aromatic carbocycles. The van der Waals surface area contributed by atoms with Crippen molar-refractivity contribution in [2.75, 3.05) is 38.3 Å². The highest BCUT2D eigenvalue weighted by atomic mass is 16.5. The number of hydrogen-bond acceptors (Lipinski definition) is 4. The summed E-state index contributed by atoms with van der Waals surface area (Å²) >= 11 is 0. The number of nitrogens with zero attached hydrogens (tertiary/aromatic N) is 2. The number of carbonyl (C=O) groups excluding carboxylic acids is 1. The third-order valence-electron chi connectivity index (χ3n) is 6.24. The summed E-state index contributed by atoms with van der Waals surface area (Å²) in [5.41, 5.74) is 4.40. The summed E-state index contributed by atoms with van der Waals surface area (Å²) in [6.07, 6.45) is 2.49. The Bertz CT molecular complexity index is 1000. The number of benzene rings is 3. The van der Waals surface area contributed by atoms with E-state index >= 15 is 0 Å². The van der Waals surface area contributed by atoms with Crippen LogP contribution in [0.3, 0.4) is 0 Å². The third-order valence-corrected chi connectivity index (χ3v) is 6.24. The smallest absolute Gasteiger partial charge is 0.241 e. The molecular formula is C28H32N2O3. The lowest BCUT2D eigenvalue weighted by molar-refractivity contribution is -0.120. The molecule has 0 atom stereocenters. The van der Waals surface area contributed by atoms with Gasteiger partial charge in [0.1, 0.15) is 5.75 Å². The zero-order chi connectivity index (χ0) is 23.0. The Labute approximate surface area is 196 Å². The molecule has 0 saturated carbocycles. The van der Waals surface area contributed by atoms with Gasteiger partial charge in [0.05, 0.1) is 19.7 Å². The van der Waals surface area contributed by atoms with Crippen LogP contribution in [0.5, 0.6) is 5.75 Å². The van der Waals surface area contributed by atoms with Crippen LogP contribution in [-0.4, -0.2) is 49.3 Å². The molecule has 0 aliphatic carbocycles. The van der Waals surface area contributed by atoms with Crippen molar-refractivity contribution in [3.05, 3.63) is 95.6 Å². The molecule has 4 rings (SSSR count). The summed E-state index contributed by atoms with van der Waals surface area (Å²) in [6, 6.07) is 26.5. The number of anilines is 1. The van der Waals surface area contributed by atoms with Gasteiger partial charge in [-0.05, 0) is 54.2 Å². The van der Waals surface area contributed by atoms with Crippen molar-refractivity contribution in [2.45, 2.75) is 25.3 Å². The molecule has 0 unspecified atom stereocenters. The molecule has 0 aromatic heterocycles. The Morgan fingerprint density at radius 3 is 2.30 bits per heavy atom. The van der Waals surface area contributed by atoms with Gasteiger partial charge >= 0.3 is 0 Å². The van der Waals surface area contributed by atoms with Gasteiger partial charge in [0.25, 0.3) is 0 Å². The maximum absolute atomic E-state index is 13.6. The van der Waals surface area contributed by atoms with Crippen LogP contribution in [0, 0.1) is 0 Å². The molecule has 3 aromatic rings. The van der Waals surface area contributed by atoms with Gasteiger partial charge in [-0.1, -0.05) is 60.7 Å². The van der Waals surface area contributed by atoms with Gasteiger partial charge in [-0.15, -0.1) is 0 Å². The van der Waals surface area contributed by atoms with E-state index in [1.807, 2.05) is 59.5 Å². The summed E-state index contributed by atoms with van der Waals surface area (Å²) in [7, 11) is 1.67. The van der Waals surface area contributed by atoms with Crippen molar-refractivity contribution in [1.29, 1.82) is 0 Å². The number of carbonyl (C=O) groups is 1. The monoisotopic (exact) mass is 444 g/mol. The Kier molecular flexibility index (Phi) is 7.76. The van der Waals surface area contributed by atoms with Gasteiger partial charge in [-0.2, -0.15) is 0 Å². The molecule has 33 heavy (non-hydrogen) atoms. The second kappa shape index (κ2) is 11.1. The highest BCUT2D eigenvalue weighted by Gasteiger charge is 2.28. The van der Waals surface area contributed by atoms with Crippen LogP contribution in [0.15, 0.2) is 78.9 Å². The third kappa shape index (κ3) is 5.44. The van der Waals surface area contributed by atoms with E-state index in [0.29, 0.717) is 19.5 Å². The molecule has 1 aliphatic rings. The number of aliphatic hydroxyl groups excluding tert-OH is 1. The number of ether oxygens (including phenoxy) is 1. The van der Waals surface area contributed by atoms with Crippen LogP contribution >= 0.6 is 0 Å². The topological polar surface area (TPSA) is 53.0 Å². The SMILES string of the molecule is COc1ccc2c(c1)CCCN2C(=O)CN(CCCO)C(c1ccccc1)c1ccccc1. The number of amides is 1. The predicted octanol–water partition coefficient (Wildman–Crippen LogP) is 4.45. The predicted molar refractivity (Wildman–Crippen MR) is 132 cm³/mol. The van der Waals surface area contributed by atoms with Crippen molar-refractivity contribution >= 4 is 11.6 Å². The van der Waals surface area contributed by atoms with E-state index in [0.717, 1.165) is 41.0 Å².